The van der Waals surface area contributed by atoms with Gasteiger partial charge in [-0.05, 0) is 41.1 Å². The predicted molar refractivity (Wildman–Crippen MR) is 71.2 cm³/mol. The summed E-state index contributed by atoms with van der Waals surface area (Å²) >= 11 is 3.32. The second-order valence-corrected chi connectivity index (χ2v) is 4.52. The van der Waals surface area contributed by atoms with Crippen LogP contribution >= 0.6 is 15.9 Å². The molecule has 0 fully saturated rings. The number of rotatable bonds is 3. The Kier molecular flexibility index (Phi) is 3.57. The van der Waals surface area contributed by atoms with E-state index in [0.717, 1.165) is 11.4 Å². The van der Waals surface area contributed by atoms with Gasteiger partial charge in [-0.2, -0.15) is 0 Å². The van der Waals surface area contributed by atoms with Crippen molar-refractivity contribution < 1.29 is 9.90 Å². The Hall–Kier alpha value is -1.95. The van der Waals surface area contributed by atoms with Gasteiger partial charge in [0.05, 0.1) is 11.3 Å². The van der Waals surface area contributed by atoms with Crippen molar-refractivity contribution in [1.82, 2.24) is 9.97 Å². The lowest BCUT2D eigenvalue weighted by atomic mass is 10.2. The molecule has 0 aliphatic heterocycles. The van der Waals surface area contributed by atoms with Crippen LogP contribution in [0.5, 0.6) is 0 Å². The largest absolute Gasteiger partial charge is 0.478 e. The summed E-state index contributed by atoms with van der Waals surface area (Å²) < 4.78 is 0.665. The Bertz CT molecular complexity index is 602. The molecule has 6 heteroatoms. The molecule has 0 spiro atoms. The molecule has 2 rings (SSSR count). The number of nitrogens with one attached hydrogen (secondary N) is 1. The summed E-state index contributed by atoms with van der Waals surface area (Å²) in [6, 6.07) is 6.56. The zero-order valence-corrected chi connectivity index (χ0v) is 11.1. The van der Waals surface area contributed by atoms with Crippen LogP contribution in [0.2, 0.25) is 0 Å². The molecule has 0 radical (unpaired) electrons. The quantitative estimate of drug-likeness (QED) is 0.911. The lowest BCUT2D eigenvalue weighted by molar-refractivity contribution is 0.0697. The highest BCUT2D eigenvalue weighted by Crippen LogP contribution is 2.26. The maximum Gasteiger partial charge on any atom is 0.335 e. The standard InChI is InChI=1S/C12H10BrN3O2/c1-7-4-11(15-6-14-7)16-10-3-2-8(12(17)18)5-9(10)13/h2-6H,1H3,(H,17,18)(H,14,15,16). The van der Waals surface area contributed by atoms with E-state index in [-0.39, 0.29) is 5.56 Å². The van der Waals surface area contributed by atoms with Crippen molar-refractivity contribution in [2.75, 3.05) is 5.32 Å². The molecule has 0 aliphatic rings. The molecule has 18 heavy (non-hydrogen) atoms. The molecule has 1 heterocycles. The zero-order chi connectivity index (χ0) is 13.1. The lowest BCUT2D eigenvalue weighted by Crippen LogP contribution is -1.99. The molecule has 1 aromatic heterocycles. The van der Waals surface area contributed by atoms with Gasteiger partial charge in [-0.1, -0.05) is 0 Å². The SMILES string of the molecule is Cc1cc(Nc2ccc(C(=O)O)cc2Br)ncn1. The molecule has 0 atom stereocenters. The number of hydrogen-bond acceptors (Lipinski definition) is 4. The van der Waals surface area contributed by atoms with Crippen LogP contribution in [0.15, 0.2) is 35.1 Å². The van der Waals surface area contributed by atoms with Crippen LogP contribution in [0, 0.1) is 6.92 Å². The molecule has 0 amide bonds. The summed E-state index contributed by atoms with van der Waals surface area (Å²) in [6.45, 7) is 1.87. The maximum atomic E-state index is 10.8. The summed E-state index contributed by atoms with van der Waals surface area (Å²) in [4.78, 5) is 18.9. The number of hydrogen-bond donors (Lipinski definition) is 2. The summed E-state index contributed by atoms with van der Waals surface area (Å²) in [5, 5.41) is 12.0. The molecule has 2 N–H and O–H groups in total. The van der Waals surface area contributed by atoms with Crippen molar-refractivity contribution >= 4 is 33.4 Å². The number of nitrogens with zero attached hydrogens (tertiary/aromatic N) is 2. The number of aryl methyl sites for hydroxylation is 1. The summed E-state index contributed by atoms with van der Waals surface area (Å²) in [5.41, 5.74) is 1.83. The Morgan fingerprint density at radius 1 is 1.33 bits per heavy atom. The highest BCUT2D eigenvalue weighted by Gasteiger charge is 2.07. The molecular formula is C12H10BrN3O2. The van der Waals surface area contributed by atoms with E-state index in [4.69, 9.17) is 5.11 Å². The van der Waals surface area contributed by atoms with Crippen LogP contribution in [0.4, 0.5) is 11.5 Å². The van der Waals surface area contributed by atoms with Crippen molar-refractivity contribution in [1.29, 1.82) is 0 Å². The van der Waals surface area contributed by atoms with Gasteiger partial charge >= 0.3 is 5.97 Å². The fourth-order valence-electron chi connectivity index (χ4n) is 1.41. The van der Waals surface area contributed by atoms with E-state index in [0.29, 0.717) is 10.3 Å². The highest BCUT2D eigenvalue weighted by molar-refractivity contribution is 9.10. The van der Waals surface area contributed by atoms with Crippen LogP contribution < -0.4 is 5.32 Å². The number of carbonyl (C=O) groups is 1. The molecule has 92 valence electrons. The molecule has 5 nitrogen and oxygen atoms in total. The van der Waals surface area contributed by atoms with Crippen molar-refractivity contribution in [2.45, 2.75) is 6.92 Å². The van der Waals surface area contributed by atoms with E-state index in [2.05, 4.69) is 31.2 Å². The second kappa shape index (κ2) is 5.14. The molecule has 0 saturated heterocycles. The Morgan fingerprint density at radius 3 is 2.72 bits per heavy atom. The summed E-state index contributed by atoms with van der Waals surface area (Å²) in [5.74, 6) is -0.300. The molecule has 0 unspecified atom stereocenters. The van der Waals surface area contributed by atoms with Gasteiger partial charge in [-0.15, -0.1) is 0 Å². The average molecular weight is 308 g/mol. The minimum atomic E-state index is -0.958. The van der Waals surface area contributed by atoms with Gasteiger partial charge in [0.15, 0.2) is 0 Å². The molecule has 0 aliphatic carbocycles. The number of aromatic nitrogens is 2. The normalized spacial score (nSPS) is 10.1. The molecule has 1 aromatic carbocycles. The number of carboxylic acid groups (broad SMARTS) is 1. The first-order valence-corrected chi connectivity index (χ1v) is 5.94. The molecular weight excluding hydrogens is 298 g/mol. The third-order valence-electron chi connectivity index (χ3n) is 2.28. The first kappa shape index (κ1) is 12.5. The highest BCUT2D eigenvalue weighted by atomic mass is 79.9. The number of benzene rings is 1. The molecule has 0 bridgehead atoms. The maximum absolute atomic E-state index is 10.8. The smallest absolute Gasteiger partial charge is 0.335 e. The monoisotopic (exact) mass is 307 g/mol. The van der Waals surface area contributed by atoms with Gasteiger partial charge in [-0.3, -0.25) is 0 Å². The van der Waals surface area contributed by atoms with Crippen LogP contribution in [-0.4, -0.2) is 21.0 Å². The van der Waals surface area contributed by atoms with Crippen molar-refractivity contribution in [3.8, 4) is 0 Å². The van der Waals surface area contributed by atoms with E-state index in [9.17, 15) is 4.79 Å². The van der Waals surface area contributed by atoms with Gasteiger partial charge in [0.1, 0.15) is 12.1 Å². The van der Waals surface area contributed by atoms with E-state index in [1.807, 2.05) is 6.92 Å². The zero-order valence-electron chi connectivity index (χ0n) is 9.51. The van der Waals surface area contributed by atoms with Crippen molar-refractivity contribution in [2.24, 2.45) is 0 Å². The second-order valence-electron chi connectivity index (χ2n) is 3.67. The number of carboxylic acids is 1. The van der Waals surface area contributed by atoms with Gasteiger partial charge < -0.3 is 10.4 Å². The lowest BCUT2D eigenvalue weighted by Gasteiger charge is -2.08. The molecule has 0 saturated carbocycles. The predicted octanol–water partition coefficient (Wildman–Crippen LogP) is 2.99. The topological polar surface area (TPSA) is 75.1 Å². The van der Waals surface area contributed by atoms with Crippen molar-refractivity contribution in [3.05, 3.63) is 46.3 Å². The average Bonchev–Trinajstić information content (AvgIpc) is 2.31. The van der Waals surface area contributed by atoms with E-state index in [1.165, 1.54) is 12.4 Å². The Morgan fingerprint density at radius 2 is 2.11 bits per heavy atom. The Labute approximate surface area is 112 Å². The van der Waals surface area contributed by atoms with Crippen molar-refractivity contribution in [3.63, 3.8) is 0 Å². The van der Waals surface area contributed by atoms with Crippen LogP contribution in [0.1, 0.15) is 16.1 Å². The van der Waals surface area contributed by atoms with Gasteiger partial charge in [0, 0.05) is 16.2 Å². The number of aromatic carboxylic acids is 1. The van der Waals surface area contributed by atoms with E-state index in [1.54, 1.807) is 18.2 Å². The van der Waals surface area contributed by atoms with Gasteiger partial charge in [0.25, 0.3) is 0 Å². The third-order valence-corrected chi connectivity index (χ3v) is 2.94. The number of halogens is 1. The molecule has 2 aromatic rings. The minimum absolute atomic E-state index is 0.228. The van der Waals surface area contributed by atoms with Crippen LogP contribution in [0.25, 0.3) is 0 Å². The fraction of sp³-hybridized carbons (Fsp3) is 0.0833. The third kappa shape index (κ3) is 2.84. The fourth-order valence-corrected chi connectivity index (χ4v) is 1.89. The summed E-state index contributed by atoms with van der Waals surface area (Å²) in [6.07, 6.45) is 1.47. The minimum Gasteiger partial charge on any atom is -0.478 e. The van der Waals surface area contributed by atoms with Crippen LogP contribution in [0.3, 0.4) is 0 Å². The first-order valence-electron chi connectivity index (χ1n) is 5.15. The number of anilines is 2. The Balaban J connectivity index is 2.27. The first-order chi connectivity index (χ1) is 8.56. The van der Waals surface area contributed by atoms with Gasteiger partial charge in [-0.25, -0.2) is 14.8 Å². The summed E-state index contributed by atoms with van der Waals surface area (Å²) in [7, 11) is 0. The van der Waals surface area contributed by atoms with Gasteiger partial charge in [0.2, 0.25) is 0 Å². The van der Waals surface area contributed by atoms with E-state index < -0.39 is 5.97 Å². The van der Waals surface area contributed by atoms with Crippen LogP contribution in [-0.2, 0) is 0 Å². The van der Waals surface area contributed by atoms with E-state index >= 15 is 0 Å².